The van der Waals surface area contributed by atoms with Gasteiger partial charge in [0.2, 0.25) is 11.9 Å². The van der Waals surface area contributed by atoms with E-state index in [4.69, 9.17) is 10.0 Å². The van der Waals surface area contributed by atoms with Gasteiger partial charge in [0.1, 0.15) is 0 Å². The van der Waals surface area contributed by atoms with Gasteiger partial charge in [-0.25, -0.2) is 9.97 Å². The molecular formula is C7H10BN3O3. The number of rotatable bonds is 2. The molecule has 1 amide bonds. The topological polar surface area (TPSA) is 86.6 Å². The lowest BCUT2D eigenvalue weighted by atomic mass is 9.83. The minimum Gasteiger partial charge on any atom is -0.423 e. The van der Waals surface area contributed by atoms with Gasteiger partial charge >= 0.3 is 7.12 Å². The minimum absolute atomic E-state index is 0.186. The van der Waals surface area contributed by atoms with Crippen LogP contribution in [0.2, 0.25) is 0 Å². The smallest absolute Gasteiger partial charge is 0.423 e. The summed E-state index contributed by atoms with van der Waals surface area (Å²) in [7, 11) is -0.0566. The Bertz CT molecular complexity index is 327. The van der Waals surface area contributed by atoms with E-state index in [1.807, 2.05) is 0 Å². The lowest BCUT2D eigenvalue weighted by molar-refractivity contribution is -0.116. The summed E-state index contributed by atoms with van der Waals surface area (Å²) >= 11 is 0. The molecule has 0 bridgehead atoms. The lowest BCUT2D eigenvalue weighted by Gasteiger charge is -2.11. The number of nitrogens with zero attached hydrogens (tertiary/aromatic N) is 3. The number of carbonyl (C=O) groups excluding carboxylic acids is 1. The molecule has 1 rings (SSSR count). The lowest BCUT2D eigenvalue weighted by Crippen LogP contribution is -2.32. The van der Waals surface area contributed by atoms with Crippen LogP contribution in [-0.2, 0) is 4.79 Å². The van der Waals surface area contributed by atoms with E-state index in [-0.39, 0.29) is 17.3 Å². The summed E-state index contributed by atoms with van der Waals surface area (Å²) in [6, 6.07) is 0. The zero-order chi connectivity index (χ0) is 10.7. The Morgan fingerprint density at radius 1 is 1.43 bits per heavy atom. The van der Waals surface area contributed by atoms with Gasteiger partial charge in [-0.3, -0.25) is 9.69 Å². The van der Waals surface area contributed by atoms with Crippen molar-refractivity contribution in [1.82, 2.24) is 9.97 Å². The summed E-state index contributed by atoms with van der Waals surface area (Å²) in [5.74, 6) is 0.0317. The highest BCUT2D eigenvalue weighted by atomic mass is 16.4. The monoisotopic (exact) mass is 195 g/mol. The highest BCUT2D eigenvalue weighted by Gasteiger charge is 2.13. The van der Waals surface area contributed by atoms with E-state index in [1.54, 1.807) is 0 Å². The SMILES string of the molecule is CC(=O)N(C)c1ncc(B(O)O)cn1. The molecule has 74 valence electrons. The summed E-state index contributed by atoms with van der Waals surface area (Å²) in [4.78, 5) is 19.8. The first-order chi connectivity index (χ1) is 6.52. The maximum absolute atomic E-state index is 10.9. The summed E-state index contributed by atoms with van der Waals surface area (Å²) < 4.78 is 0. The van der Waals surface area contributed by atoms with E-state index < -0.39 is 7.12 Å². The van der Waals surface area contributed by atoms with Crippen molar-refractivity contribution in [2.75, 3.05) is 11.9 Å². The molecule has 7 heteroatoms. The molecule has 0 spiro atoms. The van der Waals surface area contributed by atoms with Gasteiger partial charge in [0.25, 0.3) is 0 Å². The first-order valence-corrected chi connectivity index (χ1v) is 3.94. The van der Waals surface area contributed by atoms with Gasteiger partial charge in [-0.15, -0.1) is 0 Å². The van der Waals surface area contributed by atoms with Crippen molar-refractivity contribution < 1.29 is 14.8 Å². The van der Waals surface area contributed by atoms with Crippen LogP contribution in [0.1, 0.15) is 6.92 Å². The van der Waals surface area contributed by atoms with Crippen LogP contribution < -0.4 is 10.4 Å². The molecule has 0 aliphatic heterocycles. The molecular weight excluding hydrogens is 185 g/mol. The Kier molecular flexibility index (Phi) is 3.16. The summed E-state index contributed by atoms with van der Waals surface area (Å²) in [6.07, 6.45) is 2.51. The van der Waals surface area contributed by atoms with Crippen molar-refractivity contribution in [1.29, 1.82) is 0 Å². The van der Waals surface area contributed by atoms with Crippen LogP contribution >= 0.6 is 0 Å². The van der Waals surface area contributed by atoms with Gasteiger partial charge in [0, 0.05) is 31.8 Å². The van der Waals surface area contributed by atoms with Crippen LogP contribution in [0.15, 0.2) is 12.4 Å². The third-order valence-corrected chi connectivity index (χ3v) is 1.73. The predicted octanol–water partition coefficient (Wildman–Crippen LogP) is -1.86. The third-order valence-electron chi connectivity index (χ3n) is 1.73. The summed E-state index contributed by atoms with van der Waals surface area (Å²) in [5, 5.41) is 17.5. The fraction of sp³-hybridized carbons (Fsp3) is 0.286. The maximum atomic E-state index is 10.9. The Morgan fingerprint density at radius 2 is 1.93 bits per heavy atom. The van der Waals surface area contributed by atoms with E-state index in [2.05, 4.69) is 9.97 Å². The van der Waals surface area contributed by atoms with E-state index in [1.165, 1.54) is 31.3 Å². The fourth-order valence-corrected chi connectivity index (χ4v) is 0.779. The number of anilines is 1. The Hall–Kier alpha value is -1.47. The predicted molar refractivity (Wildman–Crippen MR) is 50.9 cm³/mol. The average Bonchev–Trinajstić information content (AvgIpc) is 2.16. The zero-order valence-corrected chi connectivity index (χ0v) is 7.88. The second kappa shape index (κ2) is 4.16. The van der Waals surface area contributed by atoms with Crippen LogP contribution in [0.3, 0.4) is 0 Å². The molecule has 1 heterocycles. The van der Waals surface area contributed by atoms with Gasteiger partial charge in [-0.05, 0) is 0 Å². The molecule has 0 atom stereocenters. The Labute approximate surface area is 81.4 Å². The molecule has 1 aromatic rings. The third kappa shape index (κ3) is 2.27. The molecule has 2 N–H and O–H groups in total. The second-order valence-electron chi connectivity index (χ2n) is 2.77. The number of aromatic nitrogens is 2. The van der Waals surface area contributed by atoms with Crippen molar-refractivity contribution in [2.45, 2.75) is 6.92 Å². The maximum Gasteiger partial charge on any atom is 0.491 e. The molecule has 14 heavy (non-hydrogen) atoms. The van der Waals surface area contributed by atoms with Gasteiger partial charge < -0.3 is 10.0 Å². The van der Waals surface area contributed by atoms with Gasteiger partial charge in [-0.2, -0.15) is 0 Å². The van der Waals surface area contributed by atoms with Crippen molar-refractivity contribution in [2.24, 2.45) is 0 Å². The number of amides is 1. The van der Waals surface area contributed by atoms with E-state index in [9.17, 15) is 4.79 Å². The quantitative estimate of drug-likeness (QED) is 0.540. The van der Waals surface area contributed by atoms with Gasteiger partial charge in [0.15, 0.2) is 0 Å². The molecule has 0 radical (unpaired) electrons. The summed E-state index contributed by atoms with van der Waals surface area (Å²) in [5.41, 5.74) is 0.186. The number of carbonyl (C=O) groups is 1. The first-order valence-electron chi connectivity index (χ1n) is 3.94. The van der Waals surface area contributed by atoms with Crippen LogP contribution in [0.4, 0.5) is 5.95 Å². The highest BCUT2D eigenvalue weighted by molar-refractivity contribution is 6.58. The van der Waals surface area contributed by atoms with Crippen molar-refractivity contribution >= 4 is 24.4 Å². The molecule has 6 nitrogen and oxygen atoms in total. The largest absolute Gasteiger partial charge is 0.491 e. The first kappa shape index (κ1) is 10.6. The Morgan fingerprint density at radius 3 is 2.29 bits per heavy atom. The van der Waals surface area contributed by atoms with E-state index in [0.29, 0.717) is 0 Å². The van der Waals surface area contributed by atoms with Crippen molar-refractivity contribution in [3.63, 3.8) is 0 Å². The molecule has 0 fully saturated rings. The molecule has 0 saturated carbocycles. The Balaban J connectivity index is 2.88. The molecule has 0 aliphatic rings. The standard InChI is InChI=1S/C7H10BN3O3/c1-5(12)11(2)7-9-3-6(4-10-7)8(13)14/h3-4,13-14H,1-2H3. The van der Waals surface area contributed by atoms with E-state index >= 15 is 0 Å². The molecule has 1 aromatic heterocycles. The number of hydrogen-bond acceptors (Lipinski definition) is 5. The zero-order valence-electron chi connectivity index (χ0n) is 7.88. The van der Waals surface area contributed by atoms with Crippen molar-refractivity contribution in [3.8, 4) is 0 Å². The average molecular weight is 195 g/mol. The molecule has 0 aliphatic carbocycles. The van der Waals surface area contributed by atoms with Crippen LogP contribution in [-0.4, -0.2) is 40.1 Å². The van der Waals surface area contributed by atoms with Crippen LogP contribution in [0.5, 0.6) is 0 Å². The molecule has 0 unspecified atom stereocenters. The molecule has 0 aromatic carbocycles. The molecule has 0 saturated heterocycles. The summed E-state index contributed by atoms with van der Waals surface area (Å²) in [6.45, 7) is 1.39. The number of hydrogen-bond donors (Lipinski definition) is 2. The fourth-order valence-electron chi connectivity index (χ4n) is 0.779. The van der Waals surface area contributed by atoms with Crippen LogP contribution in [0.25, 0.3) is 0 Å². The van der Waals surface area contributed by atoms with E-state index in [0.717, 1.165) is 0 Å². The highest BCUT2D eigenvalue weighted by Crippen LogP contribution is 2.00. The van der Waals surface area contributed by atoms with Crippen molar-refractivity contribution in [3.05, 3.63) is 12.4 Å². The second-order valence-corrected chi connectivity index (χ2v) is 2.77. The normalized spacial score (nSPS) is 9.71. The van der Waals surface area contributed by atoms with Gasteiger partial charge in [0.05, 0.1) is 0 Å². The van der Waals surface area contributed by atoms with Gasteiger partial charge in [-0.1, -0.05) is 0 Å². The van der Waals surface area contributed by atoms with Crippen LogP contribution in [0, 0.1) is 0 Å². The minimum atomic E-state index is -1.59.